The van der Waals surface area contributed by atoms with E-state index in [9.17, 15) is 9.18 Å². The van der Waals surface area contributed by atoms with Crippen molar-refractivity contribution >= 4 is 34.1 Å². The zero-order chi connectivity index (χ0) is 19.3. The minimum absolute atomic E-state index is 0.0890. The van der Waals surface area contributed by atoms with Crippen LogP contribution in [0.3, 0.4) is 0 Å². The van der Waals surface area contributed by atoms with Crippen molar-refractivity contribution in [3.63, 3.8) is 0 Å². The number of hydrogen-bond acceptors (Lipinski definition) is 4. The summed E-state index contributed by atoms with van der Waals surface area (Å²) in [6.45, 7) is 3.01. The molecule has 3 aromatic rings. The van der Waals surface area contributed by atoms with Gasteiger partial charge < -0.3 is 10.2 Å². The highest BCUT2D eigenvalue weighted by Crippen LogP contribution is 2.25. The zero-order valence-corrected chi connectivity index (χ0v) is 16.9. The summed E-state index contributed by atoms with van der Waals surface area (Å²) in [7, 11) is 0. The van der Waals surface area contributed by atoms with Crippen molar-refractivity contribution in [2.75, 3.05) is 17.6 Å². The highest BCUT2D eigenvalue weighted by atomic mass is 32.2. The molecule has 2 aromatic carbocycles. The van der Waals surface area contributed by atoms with E-state index in [1.54, 1.807) is 23.5 Å². The molecule has 2 N–H and O–H groups in total. The fourth-order valence-corrected chi connectivity index (χ4v) is 5.05. The van der Waals surface area contributed by atoms with Crippen LogP contribution in [0, 0.1) is 5.82 Å². The average Bonchev–Trinajstić information content (AvgIpc) is 3.10. The van der Waals surface area contributed by atoms with E-state index in [0.29, 0.717) is 5.13 Å². The Morgan fingerprint density at radius 3 is 2.75 bits per heavy atom. The van der Waals surface area contributed by atoms with E-state index < -0.39 is 0 Å². The first-order valence-electron chi connectivity index (χ1n) is 9.20. The maximum absolute atomic E-state index is 12.9. The molecule has 4 nitrogen and oxygen atoms in total. The van der Waals surface area contributed by atoms with Crippen LogP contribution >= 0.6 is 23.1 Å². The van der Waals surface area contributed by atoms with Gasteiger partial charge in [0.1, 0.15) is 18.9 Å². The number of aromatic nitrogens is 1. The molecule has 0 aliphatic carbocycles. The molecule has 0 bridgehead atoms. The van der Waals surface area contributed by atoms with Crippen molar-refractivity contribution in [3.05, 3.63) is 76.5 Å². The number of hydrogen-bond donors (Lipinski definition) is 2. The fourth-order valence-electron chi connectivity index (χ4n) is 3.25. The quantitative estimate of drug-likeness (QED) is 0.609. The Morgan fingerprint density at radius 1 is 1.18 bits per heavy atom. The lowest BCUT2D eigenvalue weighted by Crippen LogP contribution is -3.10. The molecule has 0 spiro atoms. The van der Waals surface area contributed by atoms with Crippen molar-refractivity contribution in [2.24, 2.45) is 0 Å². The van der Waals surface area contributed by atoms with Gasteiger partial charge in [-0.1, -0.05) is 41.7 Å². The highest BCUT2D eigenvalue weighted by Gasteiger charge is 2.24. The van der Waals surface area contributed by atoms with Gasteiger partial charge in [0.2, 0.25) is 5.91 Å². The summed E-state index contributed by atoms with van der Waals surface area (Å²) < 4.78 is 12.9. The van der Waals surface area contributed by atoms with Gasteiger partial charge >= 0.3 is 0 Å². The smallest absolute Gasteiger partial charge is 0.236 e. The predicted molar refractivity (Wildman–Crippen MR) is 111 cm³/mol. The number of thioether (sulfide) groups is 1. The van der Waals surface area contributed by atoms with Gasteiger partial charge in [-0.05, 0) is 24.3 Å². The maximum Gasteiger partial charge on any atom is 0.236 e. The third kappa shape index (κ3) is 4.98. The third-order valence-corrected chi connectivity index (χ3v) is 6.66. The van der Waals surface area contributed by atoms with Gasteiger partial charge in [-0.25, -0.2) is 9.37 Å². The number of carbonyl (C=O) groups excluding carboxylic acids is 1. The topological polar surface area (TPSA) is 46.4 Å². The monoisotopic (exact) mass is 414 g/mol. The standard InChI is InChI=1S/C21H20FN3OS2/c22-16-6-8-17(9-7-16)27-14-20(26)24-21-23-18-10-11-25(13-19(18)28-21)12-15-4-2-1-3-5-15/h1-9H,10-14H2,(H,23,24,26)/p+1. The van der Waals surface area contributed by atoms with E-state index in [1.165, 1.54) is 39.2 Å². The molecule has 1 atom stereocenters. The van der Waals surface area contributed by atoms with Crippen molar-refractivity contribution in [1.82, 2.24) is 4.98 Å². The summed E-state index contributed by atoms with van der Waals surface area (Å²) in [5.74, 6) is -0.0825. The first kappa shape index (κ1) is 19.1. The predicted octanol–water partition coefficient (Wildman–Crippen LogP) is 3.15. The van der Waals surface area contributed by atoms with E-state index in [0.717, 1.165) is 36.6 Å². The molecule has 7 heteroatoms. The number of benzene rings is 2. The van der Waals surface area contributed by atoms with Gasteiger partial charge in [0.05, 0.1) is 22.9 Å². The van der Waals surface area contributed by atoms with E-state index in [2.05, 4.69) is 34.6 Å². The Hall–Kier alpha value is -2.22. The van der Waals surface area contributed by atoms with Crippen LogP contribution in [0.25, 0.3) is 0 Å². The normalized spacial score (nSPS) is 15.8. The summed E-state index contributed by atoms with van der Waals surface area (Å²) in [5.41, 5.74) is 2.46. The van der Waals surface area contributed by atoms with E-state index in [4.69, 9.17) is 0 Å². The number of nitrogens with zero attached hydrogens (tertiary/aromatic N) is 1. The molecule has 4 rings (SSSR count). The Kier molecular flexibility index (Phi) is 6.04. The number of thiazole rings is 1. The number of rotatable bonds is 6. The highest BCUT2D eigenvalue weighted by molar-refractivity contribution is 8.00. The third-order valence-electron chi connectivity index (χ3n) is 4.63. The molecule has 0 fully saturated rings. The van der Waals surface area contributed by atoms with Crippen LogP contribution in [-0.2, 0) is 24.3 Å². The molecule has 1 aromatic heterocycles. The van der Waals surface area contributed by atoms with Crippen LogP contribution in [0.4, 0.5) is 9.52 Å². The largest absolute Gasteiger partial charge is 0.326 e. The van der Waals surface area contributed by atoms with Crippen LogP contribution in [0.15, 0.2) is 59.5 Å². The first-order valence-corrected chi connectivity index (χ1v) is 11.0. The van der Waals surface area contributed by atoms with Gasteiger partial charge in [-0.3, -0.25) is 4.79 Å². The number of fused-ring (bicyclic) bond motifs is 1. The molecule has 0 radical (unpaired) electrons. The number of amides is 1. The number of anilines is 1. The van der Waals surface area contributed by atoms with E-state index in [1.807, 2.05) is 6.07 Å². The van der Waals surface area contributed by atoms with Gasteiger partial charge in [-0.2, -0.15) is 0 Å². The summed E-state index contributed by atoms with van der Waals surface area (Å²) in [4.78, 5) is 20.5. The van der Waals surface area contributed by atoms with Gasteiger partial charge in [0.15, 0.2) is 5.13 Å². The number of carbonyl (C=O) groups is 1. The molecular weight excluding hydrogens is 393 g/mol. The molecule has 1 aliphatic heterocycles. The number of nitrogens with one attached hydrogen (secondary N) is 2. The molecule has 144 valence electrons. The van der Waals surface area contributed by atoms with Crippen molar-refractivity contribution in [3.8, 4) is 0 Å². The lowest BCUT2D eigenvalue weighted by molar-refractivity contribution is -0.929. The minimum Gasteiger partial charge on any atom is -0.326 e. The Bertz CT molecular complexity index is 944. The van der Waals surface area contributed by atoms with Crippen LogP contribution < -0.4 is 10.2 Å². The maximum atomic E-state index is 12.9. The Morgan fingerprint density at radius 2 is 1.96 bits per heavy atom. The summed E-state index contributed by atoms with van der Waals surface area (Å²) in [5, 5.41) is 3.59. The second-order valence-electron chi connectivity index (χ2n) is 6.77. The molecule has 1 amide bonds. The number of quaternary nitrogens is 1. The van der Waals surface area contributed by atoms with Crippen molar-refractivity contribution in [2.45, 2.75) is 24.4 Å². The lowest BCUT2D eigenvalue weighted by atomic mass is 10.1. The molecule has 0 saturated heterocycles. The first-order chi connectivity index (χ1) is 13.7. The Labute approximate surface area is 171 Å². The summed E-state index contributed by atoms with van der Waals surface area (Å²) >= 11 is 2.97. The van der Waals surface area contributed by atoms with Crippen LogP contribution in [-0.4, -0.2) is 23.2 Å². The molecule has 0 saturated carbocycles. The molecule has 1 aliphatic rings. The van der Waals surface area contributed by atoms with Crippen molar-refractivity contribution in [1.29, 1.82) is 0 Å². The van der Waals surface area contributed by atoms with Crippen LogP contribution in [0.2, 0.25) is 0 Å². The summed E-state index contributed by atoms with van der Waals surface area (Å²) in [6.07, 6.45) is 0.939. The summed E-state index contributed by atoms with van der Waals surface area (Å²) in [6, 6.07) is 16.7. The second-order valence-corrected chi connectivity index (χ2v) is 8.90. The van der Waals surface area contributed by atoms with Crippen LogP contribution in [0.5, 0.6) is 0 Å². The van der Waals surface area contributed by atoms with Gasteiger partial charge in [0, 0.05) is 16.9 Å². The van der Waals surface area contributed by atoms with Crippen LogP contribution in [0.1, 0.15) is 16.1 Å². The fraction of sp³-hybridized carbons (Fsp3) is 0.238. The molecular formula is C21H21FN3OS2+. The molecule has 1 unspecified atom stereocenters. The zero-order valence-electron chi connectivity index (χ0n) is 15.3. The second kappa shape index (κ2) is 8.86. The average molecular weight is 415 g/mol. The SMILES string of the molecule is O=C(CSc1ccc(F)cc1)Nc1nc2c(s1)C[NH+](Cc1ccccc1)CC2. The Balaban J connectivity index is 1.31. The molecule has 2 heterocycles. The number of halogens is 1. The van der Waals surface area contributed by atoms with E-state index in [-0.39, 0.29) is 17.5 Å². The van der Waals surface area contributed by atoms with Crippen molar-refractivity contribution < 1.29 is 14.1 Å². The van der Waals surface area contributed by atoms with Gasteiger partial charge in [-0.15, -0.1) is 11.8 Å². The minimum atomic E-state index is -0.273. The van der Waals surface area contributed by atoms with E-state index >= 15 is 0 Å². The lowest BCUT2D eigenvalue weighted by Gasteiger charge is -2.22. The van der Waals surface area contributed by atoms with Gasteiger partial charge in [0.25, 0.3) is 0 Å². The molecule has 28 heavy (non-hydrogen) atoms.